The Hall–Kier alpha value is -2.54. The fourth-order valence-electron chi connectivity index (χ4n) is 2.20. The number of aromatic nitrogens is 2. The minimum absolute atomic E-state index is 0.590. The summed E-state index contributed by atoms with van der Waals surface area (Å²) in [5, 5.41) is 9.26. The van der Waals surface area contributed by atoms with Crippen molar-refractivity contribution in [3.63, 3.8) is 0 Å². The van der Waals surface area contributed by atoms with Gasteiger partial charge in [-0.3, -0.25) is 4.40 Å². The number of fused-ring (bicyclic) bond motifs is 3. The number of methoxy groups -OCH3 is 1. The highest BCUT2D eigenvalue weighted by atomic mass is 16.5. The Bertz CT molecular complexity index is 796. The van der Waals surface area contributed by atoms with E-state index in [1.54, 1.807) is 7.11 Å². The van der Waals surface area contributed by atoms with E-state index in [0.717, 1.165) is 16.6 Å². The molecule has 2 heterocycles. The van der Waals surface area contributed by atoms with Gasteiger partial charge in [-0.1, -0.05) is 12.1 Å². The van der Waals surface area contributed by atoms with Gasteiger partial charge < -0.3 is 4.74 Å². The second-order valence-electron chi connectivity index (χ2n) is 4.12. The monoisotopic (exact) mass is 237 g/mol. The Morgan fingerprint density at radius 1 is 1.33 bits per heavy atom. The third-order valence-electron chi connectivity index (χ3n) is 3.06. The molecule has 0 spiro atoms. The summed E-state index contributed by atoms with van der Waals surface area (Å²) in [4.78, 5) is 4.52. The Kier molecular flexibility index (Phi) is 2.20. The molecule has 0 saturated carbocycles. The molecule has 0 saturated heterocycles. The number of hydrogen-bond donors (Lipinski definition) is 0. The van der Waals surface area contributed by atoms with E-state index >= 15 is 0 Å². The summed E-state index contributed by atoms with van der Waals surface area (Å²) >= 11 is 0. The van der Waals surface area contributed by atoms with Crippen molar-refractivity contribution >= 4 is 16.7 Å². The van der Waals surface area contributed by atoms with Gasteiger partial charge >= 0.3 is 0 Å². The minimum Gasteiger partial charge on any atom is -0.482 e. The van der Waals surface area contributed by atoms with Crippen LogP contribution in [-0.2, 0) is 0 Å². The zero-order valence-electron chi connectivity index (χ0n) is 10.1. The molecule has 0 amide bonds. The largest absolute Gasteiger partial charge is 0.482 e. The molecule has 0 aliphatic heterocycles. The summed E-state index contributed by atoms with van der Waals surface area (Å²) in [6.45, 7) is 1.89. The van der Waals surface area contributed by atoms with E-state index in [9.17, 15) is 5.26 Å². The highest BCUT2D eigenvalue weighted by Crippen LogP contribution is 2.27. The van der Waals surface area contributed by atoms with Crippen LogP contribution in [0.4, 0.5) is 0 Å². The number of benzene rings is 1. The van der Waals surface area contributed by atoms with Gasteiger partial charge in [0.1, 0.15) is 6.07 Å². The van der Waals surface area contributed by atoms with Gasteiger partial charge in [0.15, 0.2) is 11.5 Å². The normalized spacial score (nSPS) is 10.7. The molecule has 0 bridgehead atoms. The van der Waals surface area contributed by atoms with Gasteiger partial charge in [-0.25, -0.2) is 4.98 Å². The molecular weight excluding hydrogens is 226 g/mol. The lowest BCUT2D eigenvalue weighted by Gasteiger charge is -2.07. The SMILES string of the molecule is COc1cc(C)c(C#N)c2nc3ccccc3n12. The van der Waals surface area contributed by atoms with Crippen LogP contribution in [-0.4, -0.2) is 16.5 Å². The number of rotatable bonds is 1. The van der Waals surface area contributed by atoms with Crippen molar-refractivity contribution < 1.29 is 4.74 Å². The van der Waals surface area contributed by atoms with Gasteiger partial charge in [0.2, 0.25) is 0 Å². The van der Waals surface area contributed by atoms with Gasteiger partial charge in [-0.15, -0.1) is 0 Å². The topological polar surface area (TPSA) is 50.3 Å². The van der Waals surface area contributed by atoms with Crippen LogP contribution in [0.15, 0.2) is 30.3 Å². The van der Waals surface area contributed by atoms with Crippen LogP contribution in [0.25, 0.3) is 16.7 Å². The predicted octanol–water partition coefficient (Wildman–Crippen LogP) is 2.68. The van der Waals surface area contributed by atoms with Crippen molar-refractivity contribution in [2.75, 3.05) is 7.11 Å². The molecular formula is C14H11N3O. The van der Waals surface area contributed by atoms with Crippen LogP contribution >= 0.6 is 0 Å². The molecule has 0 N–H and O–H groups in total. The fourth-order valence-corrected chi connectivity index (χ4v) is 2.20. The summed E-state index contributed by atoms with van der Waals surface area (Å²) in [6.07, 6.45) is 0. The van der Waals surface area contributed by atoms with Crippen LogP contribution in [0, 0.1) is 18.3 Å². The third kappa shape index (κ3) is 1.28. The third-order valence-corrected chi connectivity index (χ3v) is 3.06. The van der Waals surface area contributed by atoms with Crippen molar-refractivity contribution in [2.24, 2.45) is 0 Å². The second-order valence-corrected chi connectivity index (χ2v) is 4.12. The molecule has 1 aromatic carbocycles. The molecule has 4 heteroatoms. The fraction of sp³-hybridized carbons (Fsp3) is 0.143. The first-order valence-corrected chi connectivity index (χ1v) is 5.61. The Labute approximate surface area is 104 Å². The first-order valence-electron chi connectivity index (χ1n) is 5.61. The lowest BCUT2D eigenvalue weighted by Crippen LogP contribution is -1.98. The van der Waals surface area contributed by atoms with Crippen molar-refractivity contribution in [1.82, 2.24) is 9.38 Å². The van der Waals surface area contributed by atoms with Crippen LogP contribution < -0.4 is 4.74 Å². The Morgan fingerprint density at radius 3 is 2.83 bits per heavy atom. The summed E-state index contributed by atoms with van der Waals surface area (Å²) < 4.78 is 7.26. The van der Waals surface area contributed by atoms with Crippen LogP contribution in [0.5, 0.6) is 5.88 Å². The molecule has 0 atom stereocenters. The Morgan fingerprint density at radius 2 is 2.11 bits per heavy atom. The smallest absolute Gasteiger partial charge is 0.199 e. The number of aryl methyl sites for hydroxylation is 1. The number of nitrogens with zero attached hydrogens (tertiary/aromatic N) is 3. The van der Waals surface area contributed by atoms with Gasteiger partial charge in [-0.2, -0.15) is 5.26 Å². The highest BCUT2D eigenvalue weighted by Gasteiger charge is 2.14. The summed E-state index contributed by atoms with van der Waals surface area (Å²) in [7, 11) is 1.62. The number of imidazole rings is 1. The van der Waals surface area contributed by atoms with E-state index in [0.29, 0.717) is 17.1 Å². The molecule has 18 heavy (non-hydrogen) atoms. The Balaban J connectivity index is 2.62. The zero-order chi connectivity index (χ0) is 12.7. The van der Waals surface area contributed by atoms with E-state index in [2.05, 4.69) is 11.1 Å². The number of para-hydroxylation sites is 2. The number of hydrogen-bond acceptors (Lipinski definition) is 3. The highest BCUT2D eigenvalue weighted by molar-refractivity contribution is 5.83. The van der Waals surface area contributed by atoms with Crippen LogP contribution in [0.2, 0.25) is 0 Å². The number of pyridine rings is 1. The van der Waals surface area contributed by atoms with Crippen LogP contribution in [0.1, 0.15) is 11.1 Å². The predicted molar refractivity (Wildman–Crippen MR) is 68.7 cm³/mol. The second kappa shape index (κ2) is 3.74. The molecule has 0 aliphatic rings. The van der Waals surface area contributed by atoms with Crippen molar-refractivity contribution in [3.05, 3.63) is 41.5 Å². The average molecular weight is 237 g/mol. The molecule has 0 aliphatic carbocycles. The molecule has 4 nitrogen and oxygen atoms in total. The standard InChI is InChI=1S/C14H11N3O/c1-9-7-13(18-2)17-12-6-4-3-5-11(12)16-14(17)10(9)8-15/h3-7H,1-2H3. The number of ether oxygens (including phenoxy) is 1. The quantitative estimate of drug-likeness (QED) is 0.653. The molecule has 0 radical (unpaired) electrons. The lowest BCUT2D eigenvalue weighted by molar-refractivity contribution is 0.393. The molecule has 0 fully saturated rings. The van der Waals surface area contributed by atoms with Gasteiger partial charge in [0.25, 0.3) is 0 Å². The maximum atomic E-state index is 9.26. The van der Waals surface area contributed by atoms with E-state index in [1.807, 2.05) is 41.7 Å². The van der Waals surface area contributed by atoms with Crippen molar-refractivity contribution in [1.29, 1.82) is 5.26 Å². The van der Waals surface area contributed by atoms with Crippen molar-refractivity contribution in [2.45, 2.75) is 6.92 Å². The van der Waals surface area contributed by atoms with E-state index in [4.69, 9.17) is 4.74 Å². The lowest BCUT2D eigenvalue weighted by atomic mass is 10.1. The van der Waals surface area contributed by atoms with E-state index in [1.165, 1.54) is 0 Å². The van der Waals surface area contributed by atoms with Gasteiger partial charge in [0, 0.05) is 6.07 Å². The maximum absolute atomic E-state index is 9.26. The summed E-state index contributed by atoms with van der Waals surface area (Å²) in [5.41, 5.74) is 3.92. The molecule has 2 aromatic heterocycles. The minimum atomic E-state index is 0.590. The molecule has 88 valence electrons. The average Bonchev–Trinajstić information content (AvgIpc) is 2.77. The van der Waals surface area contributed by atoms with Gasteiger partial charge in [0.05, 0.1) is 23.7 Å². The molecule has 3 rings (SSSR count). The van der Waals surface area contributed by atoms with Crippen LogP contribution in [0.3, 0.4) is 0 Å². The van der Waals surface area contributed by atoms with E-state index < -0.39 is 0 Å². The van der Waals surface area contributed by atoms with E-state index in [-0.39, 0.29) is 0 Å². The van der Waals surface area contributed by atoms with Crippen molar-refractivity contribution in [3.8, 4) is 11.9 Å². The summed E-state index contributed by atoms with van der Waals surface area (Å²) in [6, 6.07) is 11.8. The number of nitriles is 1. The zero-order valence-corrected chi connectivity index (χ0v) is 10.1. The first kappa shape index (κ1) is 10.6. The molecule has 3 aromatic rings. The maximum Gasteiger partial charge on any atom is 0.199 e. The van der Waals surface area contributed by atoms with Gasteiger partial charge in [-0.05, 0) is 24.6 Å². The first-order chi connectivity index (χ1) is 8.76. The summed E-state index contributed by atoms with van der Waals surface area (Å²) in [5.74, 6) is 0.690. The molecule has 0 unspecified atom stereocenters.